The van der Waals surface area contributed by atoms with Crippen LogP contribution in [0.5, 0.6) is 0 Å². The molecular formula is C42H38N6O8. The van der Waals surface area contributed by atoms with E-state index in [9.17, 15) is 19.2 Å². The third-order valence-corrected chi connectivity index (χ3v) is 9.24. The highest BCUT2D eigenvalue weighted by Crippen LogP contribution is 2.37. The molecule has 6 aromatic rings. The van der Waals surface area contributed by atoms with Crippen LogP contribution in [-0.4, -0.2) is 81.8 Å². The number of imidazole rings is 1. The Balaban J connectivity index is 1.31. The molecule has 56 heavy (non-hydrogen) atoms. The van der Waals surface area contributed by atoms with E-state index in [4.69, 9.17) is 18.9 Å². The van der Waals surface area contributed by atoms with E-state index >= 15 is 0 Å². The topological polar surface area (TPSA) is 173 Å². The molecule has 0 bridgehead atoms. The highest BCUT2D eigenvalue weighted by Gasteiger charge is 2.54. The predicted molar refractivity (Wildman–Crippen MR) is 204 cm³/mol. The molecule has 14 heteroatoms. The van der Waals surface area contributed by atoms with Crippen LogP contribution in [0.2, 0.25) is 0 Å². The lowest BCUT2D eigenvalue weighted by Gasteiger charge is -2.24. The smallest absolute Gasteiger partial charge is 0.376 e. The lowest BCUT2D eigenvalue weighted by Crippen LogP contribution is -2.46. The van der Waals surface area contributed by atoms with Gasteiger partial charge in [0.2, 0.25) is 5.82 Å². The molecule has 1 aliphatic rings. The van der Waals surface area contributed by atoms with Crippen LogP contribution in [0.25, 0.3) is 11.2 Å². The molecule has 0 aliphatic carbocycles. The number of rotatable bonds is 13. The molecule has 3 heterocycles. The predicted octanol–water partition coefficient (Wildman–Crippen LogP) is 5.34. The number of hydrogen-bond donors (Lipinski definition) is 2. The van der Waals surface area contributed by atoms with E-state index < -0.39 is 48.4 Å². The minimum absolute atomic E-state index is 0.0920. The lowest BCUT2D eigenvalue weighted by molar-refractivity contribution is -0.137. The standard InChI is InChI=1S/C42H38N6O8/c1-3-43-38(49)33-32(55-40(50)28-20-12-6-13-21-28)34(56-41(51)29-22-14-7-15-23-29)39(54-33)48-25-45-31-35(46-36(42(52)53-2)47-37(31)48)44-24-30(26-16-8-4-9-17-26)27-18-10-5-11-19-27/h4-23,25,30,32-34,39H,3,24H2,1-2H3,(H,43,49)(H,44,46,47)/t32-,33-,34+,39+/m0/s1. The number of methoxy groups -OCH3 is 1. The van der Waals surface area contributed by atoms with Gasteiger partial charge in [-0.25, -0.2) is 29.3 Å². The van der Waals surface area contributed by atoms with Gasteiger partial charge >= 0.3 is 17.9 Å². The van der Waals surface area contributed by atoms with Crippen LogP contribution in [0.4, 0.5) is 5.82 Å². The molecule has 7 rings (SSSR count). The summed E-state index contributed by atoms with van der Waals surface area (Å²) in [5.41, 5.74) is 2.85. The van der Waals surface area contributed by atoms with Crippen LogP contribution in [0.1, 0.15) is 61.5 Å². The number of carbonyl (C=O) groups is 4. The van der Waals surface area contributed by atoms with Gasteiger partial charge in [0, 0.05) is 19.0 Å². The number of fused-ring (bicyclic) bond motifs is 1. The largest absolute Gasteiger partial charge is 0.463 e. The van der Waals surface area contributed by atoms with Crippen molar-refractivity contribution in [3.05, 3.63) is 156 Å². The van der Waals surface area contributed by atoms with Crippen LogP contribution >= 0.6 is 0 Å². The average Bonchev–Trinajstić information content (AvgIpc) is 3.83. The zero-order valence-corrected chi connectivity index (χ0v) is 30.5. The maximum absolute atomic E-state index is 13.7. The normalized spacial score (nSPS) is 17.6. The summed E-state index contributed by atoms with van der Waals surface area (Å²) in [5.74, 6) is -3.14. The Labute approximate surface area is 321 Å². The molecule has 4 atom stereocenters. The molecular weight excluding hydrogens is 716 g/mol. The van der Waals surface area contributed by atoms with E-state index in [2.05, 4.69) is 25.6 Å². The first-order chi connectivity index (χ1) is 27.4. The third kappa shape index (κ3) is 7.95. The molecule has 0 spiro atoms. The zero-order valence-electron chi connectivity index (χ0n) is 30.5. The lowest BCUT2D eigenvalue weighted by atomic mass is 9.91. The Kier molecular flexibility index (Phi) is 11.4. The number of nitrogens with one attached hydrogen (secondary N) is 2. The van der Waals surface area contributed by atoms with E-state index in [1.54, 1.807) is 67.6 Å². The van der Waals surface area contributed by atoms with E-state index in [1.807, 2.05) is 60.7 Å². The monoisotopic (exact) mass is 754 g/mol. The summed E-state index contributed by atoms with van der Waals surface area (Å²) in [6.45, 7) is 2.32. The van der Waals surface area contributed by atoms with Gasteiger partial charge in [0.1, 0.15) is 0 Å². The number of benzene rings is 4. The van der Waals surface area contributed by atoms with Gasteiger partial charge in [0.25, 0.3) is 5.91 Å². The van der Waals surface area contributed by atoms with Crippen LogP contribution in [0.15, 0.2) is 128 Å². The second-order valence-electron chi connectivity index (χ2n) is 12.8. The Morgan fingerprint density at radius 2 is 1.27 bits per heavy atom. The van der Waals surface area contributed by atoms with Crippen LogP contribution in [0, 0.1) is 0 Å². The minimum atomic E-state index is -1.43. The van der Waals surface area contributed by atoms with E-state index in [0.717, 1.165) is 11.1 Å². The van der Waals surface area contributed by atoms with Gasteiger partial charge in [0.15, 0.2) is 41.5 Å². The van der Waals surface area contributed by atoms with Crippen molar-refractivity contribution in [2.75, 3.05) is 25.5 Å². The number of anilines is 1. The first-order valence-electron chi connectivity index (χ1n) is 18.0. The van der Waals surface area contributed by atoms with Crippen molar-refractivity contribution in [3.8, 4) is 0 Å². The van der Waals surface area contributed by atoms with Crippen molar-refractivity contribution < 1.29 is 38.1 Å². The summed E-state index contributed by atoms with van der Waals surface area (Å²) >= 11 is 0. The summed E-state index contributed by atoms with van der Waals surface area (Å²) in [6, 6.07) is 36.3. The first kappa shape index (κ1) is 37.4. The highest BCUT2D eigenvalue weighted by molar-refractivity contribution is 5.92. The molecule has 2 N–H and O–H groups in total. The first-order valence-corrected chi connectivity index (χ1v) is 18.0. The number of likely N-dealkylation sites (N-methyl/N-ethyl adjacent to an activating group) is 1. The summed E-state index contributed by atoms with van der Waals surface area (Å²) in [7, 11) is 1.21. The van der Waals surface area contributed by atoms with Crippen molar-refractivity contribution in [2.45, 2.75) is 37.4 Å². The van der Waals surface area contributed by atoms with E-state index in [1.165, 1.54) is 18.0 Å². The van der Waals surface area contributed by atoms with Crippen LogP contribution in [0.3, 0.4) is 0 Å². The Morgan fingerprint density at radius 3 is 1.80 bits per heavy atom. The third-order valence-electron chi connectivity index (χ3n) is 9.24. The highest BCUT2D eigenvalue weighted by atomic mass is 16.6. The van der Waals surface area contributed by atoms with Crippen molar-refractivity contribution in [1.29, 1.82) is 0 Å². The van der Waals surface area contributed by atoms with Gasteiger partial charge in [-0.05, 0) is 42.3 Å². The molecule has 284 valence electrons. The van der Waals surface area contributed by atoms with E-state index in [0.29, 0.717) is 6.54 Å². The molecule has 0 saturated carbocycles. The quantitative estimate of drug-likeness (QED) is 0.115. The van der Waals surface area contributed by atoms with Gasteiger partial charge in [-0.3, -0.25) is 9.36 Å². The van der Waals surface area contributed by atoms with Crippen molar-refractivity contribution in [1.82, 2.24) is 24.8 Å². The Hall–Kier alpha value is -6.93. The molecule has 4 aromatic carbocycles. The average molecular weight is 755 g/mol. The van der Waals surface area contributed by atoms with Gasteiger partial charge < -0.3 is 29.6 Å². The second-order valence-corrected chi connectivity index (χ2v) is 12.8. The maximum Gasteiger partial charge on any atom is 0.376 e. The molecule has 14 nitrogen and oxygen atoms in total. The van der Waals surface area contributed by atoms with E-state index in [-0.39, 0.29) is 46.4 Å². The van der Waals surface area contributed by atoms with Gasteiger partial charge in [-0.2, -0.15) is 0 Å². The zero-order chi connectivity index (χ0) is 39.0. The minimum Gasteiger partial charge on any atom is -0.463 e. The molecule has 0 radical (unpaired) electrons. The fourth-order valence-corrected chi connectivity index (χ4v) is 6.54. The summed E-state index contributed by atoms with van der Waals surface area (Å²) < 4.78 is 24.8. The molecule has 1 saturated heterocycles. The second kappa shape index (κ2) is 17.0. The molecule has 1 amide bonds. The Morgan fingerprint density at radius 1 is 0.732 bits per heavy atom. The molecule has 1 fully saturated rings. The number of ether oxygens (including phenoxy) is 4. The number of hydrogen-bond acceptors (Lipinski definition) is 12. The summed E-state index contributed by atoms with van der Waals surface area (Å²) in [4.78, 5) is 67.4. The van der Waals surface area contributed by atoms with Crippen molar-refractivity contribution in [3.63, 3.8) is 0 Å². The fraction of sp³-hybridized carbons (Fsp3) is 0.214. The number of carbonyl (C=O) groups excluding carboxylic acids is 4. The summed E-state index contributed by atoms with van der Waals surface area (Å²) in [5, 5.41) is 6.09. The van der Waals surface area contributed by atoms with Crippen LogP contribution in [-0.2, 0) is 23.7 Å². The van der Waals surface area contributed by atoms with Crippen LogP contribution < -0.4 is 10.6 Å². The Bertz CT molecular complexity index is 2270. The van der Waals surface area contributed by atoms with Gasteiger partial charge in [-0.1, -0.05) is 97.1 Å². The number of nitrogens with zero attached hydrogens (tertiary/aromatic N) is 4. The van der Waals surface area contributed by atoms with Crippen molar-refractivity contribution >= 4 is 40.8 Å². The fourth-order valence-electron chi connectivity index (χ4n) is 6.54. The summed E-state index contributed by atoms with van der Waals surface area (Å²) in [6.07, 6.45) is -4.23. The maximum atomic E-state index is 13.7. The molecule has 2 aromatic heterocycles. The SMILES string of the molecule is CCNC(=O)[C@H]1O[C@@H](n2cnc3c(NCC(c4ccccc4)c4ccccc4)nc(C(=O)OC)nc32)[C@H](OC(=O)c2ccccc2)[C@H]1OC(=O)c1ccccc1. The molecule has 1 aliphatic heterocycles. The number of amides is 1. The number of aromatic nitrogens is 4. The molecule has 0 unspecified atom stereocenters. The van der Waals surface area contributed by atoms with Crippen molar-refractivity contribution in [2.24, 2.45) is 0 Å². The number of esters is 3. The van der Waals surface area contributed by atoms with Gasteiger partial charge in [0.05, 0.1) is 24.6 Å². The van der Waals surface area contributed by atoms with Gasteiger partial charge in [-0.15, -0.1) is 0 Å².